The fraction of sp³-hybridized carbons (Fsp3) is 0.545. The molecule has 1 aromatic heterocycles. The van der Waals surface area contributed by atoms with Gasteiger partial charge in [-0.2, -0.15) is 22.5 Å². The average molecular weight is 249 g/mol. The van der Waals surface area contributed by atoms with Crippen molar-refractivity contribution in [2.45, 2.75) is 25.7 Å². The molecule has 0 spiro atoms. The third-order valence-electron chi connectivity index (χ3n) is 2.90. The summed E-state index contributed by atoms with van der Waals surface area (Å²) in [6, 6.07) is 0. The van der Waals surface area contributed by atoms with Crippen LogP contribution in [-0.2, 0) is 0 Å². The summed E-state index contributed by atoms with van der Waals surface area (Å²) in [6.07, 6.45) is 3.88. The fourth-order valence-corrected chi connectivity index (χ4v) is 1.97. The minimum Gasteiger partial charge on any atom is -0.487 e. The van der Waals surface area contributed by atoms with Gasteiger partial charge in [0.15, 0.2) is 5.75 Å². The van der Waals surface area contributed by atoms with Crippen LogP contribution < -0.4 is 4.74 Å². The summed E-state index contributed by atoms with van der Waals surface area (Å²) in [5.74, 6) is -7.37. The first-order chi connectivity index (χ1) is 8.09. The van der Waals surface area contributed by atoms with Crippen molar-refractivity contribution in [3.63, 3.8) is 0 Å². The minimum atomic E-state index is -1.69. The van der Waals surface area contributed by atoms with Crippen LogP contribution in [0, 0.1) is 29.4 Å². The number of hydrogen-bond donors (Lipinski definition) is 0. The third-order valence-corrected chi connectivity index (χ3v) is 2.90. The smallest absolute Gasteiger partial charge is 0.255 e. The van der Waals surface area contributed by atoms with E-state index in [0.29, 0.717) is 0 Å². The molecule has 6 heteroatoms. The Balaban J connectivity index is 2.13. The topological polar surface area (TPSA) is 22.1 Å². The van der Waals surface area contributed by atoms with E-state index in [9.17, 15) is 17.6 Å². The fourth-order valence-electron chi connectivity index (χ4n) is 1.97. The molecule has 1 fully saturated rings. The van der Waals surface area contributed by atoms with Crippen molar-refractivity contribution >= 4 is 0 Å². The van der Waals surface area contributed by atoms with Crippen LogP contribution in [0.15, 0.2) is 0 Å². The second kappa shape index (κ2) is 4.89. The van der Waals surface area contributed by atoms with Crippen LogP contribution in [0.3, 0.4) is 0 Å². The number of hydrogen-bond acceptors (Lipinski definition) is 2. The molecule has 0 bridgehead atoms. The summed E-state index contributed by atoms with van der Waals surface area (Å²) in [7, 11) is 0. The lowest BCUT2D eigenvalue weighted by Crippen LogP contribution is -2.12. The number of ether oxygens (including phenoxy) is 1. The van der Waals surface area contributed by atoms with E-state index in [1.165, 1.54) is 0 Å². The monoisotopic (exact) mass is 249 g/mol. The molecule has 2 rings (SSSR count). The van der Waals surface area contributed by atoms with Crippen molar-refractivity contribution in [1.29, 1.82) is 0 Å². The van der Waals surface area contributed by atoms with E-state index in [1.807, 2.05) is 0 Å². The predicted octanol–water partition coefficient (Wildman–Crippen LogP) is 3.21. The lowest BCUT2D eigenvalue weighted by atomic mass is 10.1. The first kappa shape index (κ1) is 12.1. The van der Waals surface area contributed by atoms with E-state index in [-0.39, 0.29) is 12.5 Å². The second-order valence-corrected chi connectivity index (χ2v) is 4.11. The van der Waals surface area contributed by atoms with Crippen LogP contribution in [-0.4, -0.2) is 11.6 Å². The Morgan fingerprint density at radius 3 is 2.06 bits per heavy atom. The van der Waals surface area contributed by atoms with E-state index < -0.39 is 29.3 Å². The third kappa shape index (κ3) is 2.50. The number of rotatable bonds is 3. The highest BCUT2D eigenvalue weighted by Gasteiger charge is 2.24. The first-order valence-corrected chi connectivity index (χ1v) is 5.42. The molecule has 17 heavy (non-hydrogen) atoms. The molecular weight excluding hydrogens is 238 g/mol. The standard InChI is InChI=1S/C11H11F4NO/c12-7-9(8(13)11(15)16-10(7)14)17-5-6-3-1-2-4-6/h6H,1-5H2. The SMILES string of the molecule is Fc1nc(F)c(F)c(OCC2CCCC2)c1F. The number of aromatic nitrogens is 1. The molecular formula is C11H11F4NO. The molecule has 0 saturated heterocycles. The highest BCUT2D eigenvalue weighted by molar-refractivity contribution is 5.24. The lowest BCUT2D eigenvalue weighted by molar-refractivity contribution is 0.220. The summed E-state index contributed by atoms with van der Waals surface area (Å²) in [5, 5.41) is 0. The molecule has 1 aliphatic rings. The Labute approximate surface area is 95.6 Å². The van der Waals surface area contributed by atoms with E-state index >= 15 is 0 Å². The van der Waals surface area contributed by atoms with Gasteiger partial charge in [-0.3, -0.25) is 0 Å². The maximum absolute atomic E-state index is 13.1. The van der Waals surface area contributed by atoms with Crippen molar-refractivity contribution < 1.29 is 22.3 Å². The minimum absolute atomic E-state index is 0.0662. The summed E-state index contributed by atoms with van der Waals surface area (Å²) in [6.45, 7) is 0.0662. The second-order valence-electron chi connectivity index (χ2n) is 4.11. The van der Waals surface area contributed by atoms with Gasteiger partial charge in [0, 0.05) is 0 Å². The maximum atomic E-state index is 13.1. The number of halogens is 4. The van der Waals surface area contributed by atoms with Gasteiger partial charge >= 0.3 is 0 Å². The molecule has 0 aliphatic heterocycles. The molecule has 0 aromatic carbocycles. The van der Waals surface area contributed by atoms with Crippen LogP contribution in [0.25, 0.3) is 0 Å². The van der Waals surface area contributed by atoms with Crippen molar-refractivity contribution in [3.05, 3.63) is 23.5 Å². The highest BCUT2D eigenvalue weighted by Crippen LogP contribution is 2.28. The molecule has 1 aromatic rings. The van der Waals surface area contributed by atoms with Crippen molar-refractivity contribution in [1.82, 2.24) is 4.98 Å². The van der Waals surface area contributed by atoms with Crippen LogP contribution in [0.2, 0.25) is 0 Å². The molecule has 0 N–H and O–H groups in total. The van der Waals surface area contributed by atoms with E-state index in [0.717, 1.165) is 25.7 Å². The largest absolute Gasteiger partial charge is 0.487 e. The molecule has 0 amide bonds. The summed E-state index contributed by atoms with van der Waals surface area (Å²) in [5.41, 5.74) is 0. The number of nitrogens with zero attached hydrogens (tertiary/aromatic N) is 1. The molecule has 94 valence electrons. The molecule has 2 nitrogen and oxygen atoms in total. The molecule has 1 aliphatic carbocycles. The quantitative estimate of drug-likeness (QED) is 0.606. The van der Waals surface area contributed by atoms with Gasteiger partial charge in [0.25, 0.3) is 11.9 Å². The van der Waals surface area contributed by atoms with Crippen LogP contribution >= 0.6 is 0 Å². The Bertz CT molecular complexity index is 392. The van der Waals surface area contributed by atoms with Gasteiger partial charge in [0.05, 0.1) is 6.61 Å². The number of pyridine rings is 1. The van der Waals surface area contributed by atoms with Crippen LogP contribution in [0.4, 0.5) is 17.6 Å². The summed E-state index contributed by atoms with van der Waals surface area (Å²) >= 11 is 0. The zero-order chi connectivity index (χ0) is 12.4. The van der Waals surface area contributed by atoms with Gasteiger partial charge in [0.2, 0.25) is 11.6 Å². The lowest BCUT2D eigenvalue weighted by Gasteiger charge is -2.12. The average Bonchev–Trinajstić information content (AvgIpc) is 2.79. The maximum Gasteiger partial charge on any atom is 0.255 e. The Hall–Kier alpha value is -1.33. The van der Waals surface area contributed by atoms with Crippen LogP contribution in [0.5, 0.6) is 5.75 Å². The Morgan fingerprint density at radius 2 is 1.53 bits per heavy atom. The van der Waals surface area contributed by atoms with Crippen molar-refractivity contribution in [2.75, 3.05) is 6.61 Å². The summed E-state index contributed by atoms with van der Waals surface area (Å²) in [4.78, 5) is 2.45. The zero-order valence-corrected chi connectivity index (χ0v) is 8.98. The van der Waals surface area contributed by atoms with E-state index in [4.69, 9.17) is 4.74 Å². The van der Waals surface area contributed by atoms with E-state index in [2.05, 4.69) is 4.98 Å². The van der Waals surface area contributed by atoms with E-state index in [1.54, 1.807) is 0 Å². The Kier molecular flexibility index (Phi) is 3.49. The van der Waals surface area contributed by atoms with Gasteiger partial charge in [-0.25, -0.2) is 0 Å². The molecule has 0 radical (unpaired) electrons. The summed E-state index contributed by atoms with van der Waals surface area (Å²) < 4.78 is 56.6. The van der Waals surface area contributed by atoms with Gasteiger partial charge in [-0.1, -0.05) is 12.8 Å². The molecule has 1 saturated carbocycles. The predicted molar refractivity (Wildman–Crippen MR) is 51.5 cm³/mol. The first-order valence-electron chi connectivity index (χ1n) is 5.42. The highest BCUT2D eigenvalue weighted by atomic mass is 19.2. The van der Waals surface area contributed by atoms with Gasteiger partial charge in [0.1, 0.15) is 0 Å². The zero-order valence-electron chi connectivity index (χ0n) is 8.98. The van der Waals surface area contributed by atoms with Gasteiger partial charge in [-0.15, -0.1) is 0 Å². The Morgan fingerprint density at radius 1 is 1.00 bits per heavy atom. The van der Waals surface area contributed by atoms with Gasteiger partial charge in [-0.05, 0) is 18.8 Å². The molecule has 1 heterocycles. The van der Waals surface area contributed by atoms with Crippen molar-refractivity contribution in [2.24, 2.45) is 5.92 Å². The molecule has 0 unspecified atom stereocenters. The van der Waals surface area contributed by atoms with Crippen molar-refractivity contribution in [3.8, 4) is 5.75 Å². The van der Waals surface area contributed by atoms with Gasteiger partial charge < -0.3 is 4.74 Å². The van der Waals surface area contributed by atoms with Crippen LogP contribution in [0.1, 0.15) is 25.7 Å². The normalized spacial score (nSPS) is 16.5. The molecule has 0 atom stereocenters.